The highest BCUT2D eigenvalue weighted by molar-refractivity contribution is 5.27. The molecular weight excluding hydrogens is 176 g/mol. The number of fused-ring (bicyclic) bond motifs is 1. The summed E-state index contributed by atoms with van der Waals surface area (Å²) in [7, 11) is 0. The Morgan fingerprint density at radius 2 is 2.43 bits per heavy atom. The van der Waals surface area contributed by atoms with Gasteiger partial charge in [-0.15, -0.1) is 0 Å². The number of rotatable bonds is 3. The van der Waals surface area contributed by atoms with E-state index < -0.39 is 5.60 Å². The lowest BCUT2D eigenvalue weighted by Crippen LogP contribution is -2.29. The molecule has 0 radical (unpaired) electrons. The van der Waals surface area contributed by atoms with Crippen LogP contribution in [-0.2, 0) is 12.0 Å². The zero-order valence-electron chi connectivity index (χ0n) is 8.75. The second-order valence-corrected chi connectivity index (χ2v) is 4.25. The summed E-state index contributed by atoms with van der Waals surface area (Å²) in [5.74, 6) is 0.995. The van der Waals surface area contributed by atoms with E-state index in [1.54, 1.807) is 6.26 Å². The van der Waals surface area contributed by atoms with Crippen molar-refractivity contribution in [3.8, 4) is 0 Å². The summed E-state index contributed by atoms with van der Waals surface area (Å²) in [5.41, 5.74) is 0.438. The molecule has 0 bridgehead atoms. The number of hydrogen-bond donors (Lipinski definition) is 1. The Morgan fingerprint density at radius 3 is 3.21 bits per heavy atom. The predicted octanol–water partition coefficient (Wildman–Crippen LogP) is 2.99. The number of aryl methyl sites for hydroxylation is 1. The first-order valence-electron chi connectivity index (χ1n) is 5.55. The van der Waals surface area contributed by atoms with Crippen molar-refractivity contribution < 1.29 is 9.52 Å². The Morgan fingerprint density at radius 1 is 1.57 bits per heavy atom. The molecule has 1 aromatic rings. The predicted molar refractivity (Wildman–Crippen MR) is 55.1 cm³/mol. The molecule has 0 aromatic carbocycles. The molecule has 0 saturated heterocycles. The molecule has 1 aromatic heterocycles. The molecule has 0 amide bonds. The van der Waals surface area contributed by atoms with E-state index in [0.29, 0.717) is 0 Å². The molecule has 14 heavy (non-hydrogen) atoms. The van der Waals surface area contributed by atoms with Gasteiger partial charge < -0.3 is 9.52 Å². The van der Waals surface area contributed by atoms with Crippen molar-refractivity contribution in [2.24, 2.45) is 0 Å². The van der Waals surface area contributed by atoms with E-state index >= 15 is 0 Å². The summed E-state index contributed by atoms with van der Waals surface area (Å²) < 4.78 is 5.37. The quantitative estimate of drug-likeness (QED) is 0.802. The number of hydrogen-bond acceptors (Lipinski definition) is 2. The van der Waals surface area contributed by atoms with Gasteiger partial charge in [-0.2, -0.15) is 0 Å². The van der Waals surface area contributed by atoms with Crippen LogP contribution in [0.4, 0.5) is 0 Å². The molecule has 1 aliphatic rings. The number of aliphatic hydroxyl groups is 1. The highest BCUT2D eigenvalue weighted by Crippen LogP contribution is 2.39. The van der Waals surface area contributed by atoms with Gasteiger partial charge in [0.05, 0.1) is 11.9 Å². The van der Waals surface area contributed by atoms with Gasteiger partial charge in [0, 0.05) is 12.0 Å². The first kappa shape index (κ1) is 9.78. The minimum atomic E-state index is -0.601. The first-order valence-corrected chi connectivity index (χ1v) is 5.55. The van der Waals surface area contributed by atoms with Gasteiger partial charge in [0.25, 0.3) is 0 Å². The van der Waals surface area contributed by atoms with Crippen molar-refractivity contribution >= 4 is 0 Å². The topological polar surface area (TPSA) is 33.4 Å². The zero-order chi connectivity index (χ0) is 10.0. The number of unbranched alkanes of at least 4 members (excludes halogenated alkanes) is 1. The third-order valence-electron chi connectivity index (χ3n) is 3.18. The minimum Gasteiger partial charge on any atom is -0.469 e. The van der Waals surface area contributed by atoms with Crippen molar-refractivity contribution in [3.05, 3.63) is 23.7 Å². The molecule has 2 rings (SSSR count). The van der Waals surface area contributed by atoms with Gasteiger partial charge in [-0.3, -0.25) is 0 Å². The summed E-state index contributed by atoms with van der Waals surface area (Å²) in [5, 5.41) is 10.5. The second kappa shape index (κ2) is 3.77. The van der Waals surface area contributed by atoms with Crippen molar-refractivity contribution in [1.29, 1.82) is 0 Å². The smallest absolute Gasteiger partial charge is 0.109 e. The molecule has 0 spiro atoms. The van der Waals surface area contributed by atoms with Gasteiger partial charge in [-0.25, -0.2) is 0 Å². The van der Waals surface area contributed by atoms with Crippen molar-refractivity contribution in [2.75, 3.05) is 0 Å². The summed E-state index contributed by atoms with van der Waals surface area (Å²) >= 11 is 0. The van der Waals surface area contributed by atoms with E-state index in [1.165, 1.54) is 0 Å². The maximum Gasteiger partial charge on any atom is 0.109 e. The molecule has 1 atom stereocenters. The Kier molecular flexibility index (Phi) is 2.64. The van der Waals surface area contributed by atoms with Gasteiger partial charge in [0.2, 0.25) is 0 Å². The Labute approximate surface area is 84.9 Å². The second-order valence-electron chi connectivity index (χ2n) is 4.25. The molecule has 0 fully saturated rings. The summed E-state index contributed by atoms with van der Waals surface area (Å²) in [4.78, 5) is 0. The third-order valence-corrected chi connectivity index (χ3v) is 3.18. The van der Waals surface area contributed by atoms with Crippen LogP contribution >= 0.6 is 0 Å². The van der Waals surface area contributed by atoms with Crippen LogP contribution in [0.5, 0.6) is 0 Å². The molecule has 1 N–H and O–H groups in total. The van der Waals surface area contributed by atoms with Crippen molar-refractivity contribution in [2.45, 2.75) is 51.0 Å². The summed E-state index contributed by atoms with van der Waals surface area (Å²) in [6.45, 7) is 2.16. The molecule has 78 valence electrons. The van der Waals surface area contributed by atoms with E-state index in [-0.39, 0.29) is 0 Å². The van der Waals surface area contributed by atoms with E-state index in [4.69, 9.17) is 4.42 Å². The van der Waals surface area contributed by atoms with Crippen LogP contribution < -0.4 is 0 Å². The standard InChI is InChI=1S/C12H18O2/c1-2-3-7-12(13)8-4-5-11-10(12)6-9-14-11/h6,9,13H,2-5,7-8H2,1H3. The molecule has 0 aliphatic heterocycles. The fourth-order valence-electron chi connectivity index (χ4n) is 2.35. The van der Waals surface area contributed by atoms with Crippen molar-refractivity contribution in [3.63, 3.8) is 0 Å². The van der Waals surface area contributed by atoms with Gasteiger partial charge in [-0.1, -0.05) is 19.8 Å². The zero-order valence-corrected chi connectivity index (χ0v) is 8.75. The molecule has 0 saturated carbocycles. The highest BCUT2D eigenvalue weighted by Gasteiger charge is 2.35. The normalized spacial score (nSPS) is 26.1. The fourth-order valence-corrected chi connectivity index (χ4v) is 2.35. The van der Waals surface area contributed by atoms with Crippen LogP contribution in [0, 0.1) is 0 Å². The van der Waals surface area contributed by atoms with Crippen LogP contribution in [0.1, 0.15) is 50.4 Å². The van der Waals surface area contributed by atoms with E-state index in [9.17, 15) is 5.11 Å². The Balaban J connectivity index is 2.21. The maximum absolute atomic E-state index is 10.5. The largest absolute Gasteiger partial charge is 0.469 e. The SMILES string of the molecule is CCCCC1(O)CCCc2occc21. The molecule has 2 heteroatoms. The molecule has 1 aliphatic carbocycles. The van der Waals surface area contributed by atoms with Crippen LogP contribution in [0.2, 0.25) is 0 Å². The van der Waals surface area contributed by atoms with E-state index in [1.807, 2.05) is 6.07 Å². The van der Waals surface area contributed by atoms with Crippen LogP contribution in [-0.4, -0.2) is 5.11 Å². The Bertz CT molecular complexity index is 303. The lowest BCUT2D eigenvalue weighted by Gasteiger charge is -2.31. The van der Waals surface area contributed by atoms with E-state index in [2.05, 4.69) is 6.92 Å². The fraction of sp³-hybridized carbons (Fsp3) is 0.667. The van der Waals surface area contributed by atoms with Gasteiger partial charge in [-0.05, 0) is 25.3 Å². The average Bonchev–Trinajstić information content (AvgIpc) is 2.65. The highest BCUT2D eigenvalue weighted by atomic mass is 16.3. The third kappa shape index (κ3) is 1.59. The van der Waals surface area contributed by atoms with Gasteiger partial charge in [0.1, 0.15) is 5.76 Å². The lowest BCUT2D eigenvalue weighted by atomic mass is 9.80. The maximum atomic E-state index is 10.5. The van der Waals surface area contributed by atoms with Crippen molar-refractivity contribution in [1.82, 2.24) is 0 Å². The first-order chi connectivity index (χ1) is 6.76. The van der Waals surface area contributed by atoms with Gasteiger partial charge in [0.15, 0.2) is 0 Å². The molecule has 1 unspecified atom stereocenters. The average molecular weight is 194 g/mol. The number of furan rings is 1. The summed E-state index contributed by atoms with van der Waals surface area (Å²) in [6.07, 6.45) is 7.70. The van der Waals surface area contributed by atoms with Crippen LogP contribution in [0.3, 0.4) is 0 Å². The van der Waals surface area contributed by atoms with E-state index in [0.717, 1.165) is 49.8 Å². The Hall–Kier alpha value is -0.760. The van der Waals surface area contributed by atoms with Crippen LogP contribution in [0.25, 0.3) is 0 Å². The van der Waals surface area contributed by atoms with Gasteiger partial charge >= 0.3 is 0 Å². The minimum absolute atomic E-state index is 0.601. The lowest BCUT2D eigenvalue weighted by molar-refractivity contribution is 0.00595. The monoisotopic (exact) mass is 194 g/mol. The van der Waals surface area contributed by atoms with Crippen LogP contribution in [0.15, 0.2) is 16.7 Å². The molecular formula is C12H18O2. The molecule has 2 nitrogen and oxygen atoms in total. The summed E-state index contributed by atoms with van der Waals surface area (Å²) in [6, 6.07) is 1.93. The molecule has 1 heterocycles.